The number of carboxylic acid groups (broad SMARTS) is 1. The molecule has 3 N–H and O–H groups in total. The van der Waals surface area contributed by atoms with Crippen LogP contribution in [0.25, 0.3) is 0 Å². The molecule has 1 fully saturated rings. The van der Waals surface area contributed by atoms with Crippen molar-refractivity contribution in [2.45, 2.75) is 51.1 Å². The van der Waals surface area contributed by atoms with Crippen LogP contribution in [0.15, 0.2) is 12.1 Å². The van der Waals surface area contributed by atoms with Crippen molar-refractivity contribution in [1.29, 1.82) is 0 Å². The first-order chi connectivity index (χ1) is 11.5. The second-order valence-corrected chi connectivity index (χ2v) is 6.53. The van der Waals surface area contributed by atoms with Crippen molar-refractivity contribution in [1.82, 2.24) is 15.2 Å². The van der Waals surface area contributed by atoms with Crippen molar-refractivity contribution in [2.75, 3.05) is 18.4 Å². The summed E-state index contributed by atoms with van der Waals surface area (Å²) < 4.78 is 0. The summed E-state index contributed by atoms with van der Waals surface area (Å²) in [6.45, 7) is 2.71. The summed E-state index contributed by atoms with van der Waals surface area (Å²) in [4.78, 5) is 29.3. The Hall–Kier alpha value is -2.15. The number of carbonyl (C=O) groups excluding carboxylic acids is 1. The van der Waals surface area contributed by atoms with Gasteiger partial charge in [0.25, 0.3) is 0 Å². The molecular weight excluding hydrogens is 308 g/mol. The molecule has 1 aromatic heterocycles. The minimum Gasteiger partial charge on any atom is -0.480 e. The molecule has 24 heavy (non-hydrogen) atoms. The molecule has 3 rings (SSSR count). The van der Waals surface area contributed by atoms with Crippen LogP contribution < -0.4 is 10.6 Å². The second kappa shape index (κ2) is 7.17. The van der Waals surface area contributed by atoms with Gasteiger partial charge in [0, 0.05) is 17.8 Å². The zero-order valence-electron chi connectivity index (χ0n) is 13.9. The number of carboxylic acids is 1. The highest BCUT2D eigenvalue weighted by atomic mass is 16.4. The van der Waals surface area contributed by atoms with E-state index in [-0.39, 0.29) is 24.7 Å². The number of rotatable bonds is 6. The predicted octanol–water partition coefficient (Wildman–Crippen LogP) is 1.63. The highest BCUT2D eigenvalue weighted by molar-refractivity contribution is 5.88. The highest BCUT2D eigenvalue weighted by Gasteiger charge is 2.34. The number of nitrogens with one attached hydrogen (secondary N) is 2. The summed E-state index contributed by atoms with van der Waals surface area (Å²) in [5.74, 6) is -0.223. The quantitative estimate of drug-likeness (QED) is 0.736. The van der Waals surface area contributed by atoms with E-state index in [0.717, 1.165) is 37.8 Å². The molecule has 2 aliphatic rings. The number of pyridine rings is 1. The average Bonchev–Trinajstić information content (AvgIpc) is 2.96. The Morgan fingerprint density at radius 3 is 2.83 bits per heavy atom. The Labute approximate surface area is 141 Å². The van der Waals surface area contributed by atoms with E-state index in [1.165, 1.54) is 5.56 Å². The number of hydrogen-bond donors (Lipinski definition) is 3. The SMILES string of the molecule is CCN(CC(=O)O)C1CC(NC(=O)Nc2ccc3c(n2)CCC3)C1. The molecule has 0 radical (unpaired) electrons. The summed E-state index contributed by atoms with van der Waals surface area (Å²) in [5.41, 5.74) is 2.37. The lowest BCUT2D eigenvalue weighted by molar-refractivity contribution is -0.139. The number of anilines is 1. The maximum absolute atomic E-state index is 12.1. The fourth-order valence-electron chi connectivity index (χ4n) is 3.50. The van der Waals surface area contributed by atoms with Gasteiger partial charge in [0.2, 0.25) is 0 Å². The number of likely N-dealkylation sites (N-methyl/N-ethyl adjacent to an activating group) is 1. The van der Waals surface area contributed by atoms with E-state index in [2.05, 4.69) is 15.6 Å². The number of amides is 2. The molecular formula is C17H24N4O3. The summed E-state index contributed by atoms with van der Waals surface area (Å²) >= 11 is 0. The first-order valence-electron chi connectivity index (χ1n) is 8.57. The Morgan fingerprint density at radius 1 is 1.33 bits per heavy atom. The van der Waals surface area contributed by atoms with Crippen LogP contribution in [0.3, 0.4) is 0 Å². The minimum absolute atomic E-state index is 0.0547. The first kappa shape index (κ1) is 16.7. The molecule has 7 nitrogen and oxygen atoms in total. The van der Waals surface area contributed by atoms with E-state index >= 15 is 0 Å². The molecule has 0 aromatic carbocycles. The standard InChI is InChI=1S/C17H24N4O3/c1-2-21(10-16(22)23)13-8-12(9-13)18-17(24)20-15-7-6-11-4-3-5-14(11)19-15/h6-7,12-13H,2-5,8-10H2,1H3,(H,22,23)(H2,18,19,20,24). The van der Waals surface area contributed by atoms with Crippen molar-refractivity contribution in [3.63, 3.8) is 0 Å². The van der Waals surface area contributed by atoms with Gasteiger partial charge in [0.1, 0.15) is 5.82 Å². The first-order valence-corrected chi connectivity index (χ1v) is 8.57. The van der Waals surface area contributed by atoms with E-state index in [9.17, 15) is 9.59 Å². The third-order valence-electron chi connectivity index (χ3n) is 4.88. The summed E-state index contributed by atoms with van der Waals surface area (Å²) in [5, 5.41) is 14.6. The Balaban J connectivity index is 1.44. The van der Waals surface area contributed by atoms with E-state index < -0.39 is 5.97 Å². The molecule has 0 atom stereocenters. The summed E-state index contributed by atoms with van der Waals surface area (Å²) in [6, 6.07) is 3.96. The zero-order chi connectivity index (χ0) is 17.1. The molecule has 130 valence electrons. The fourth-order valence-corrected chi connectivity index (χ4v) is 3.50. The maximum Gasteiger partial charge on any atom is 0.320 e. The van der Waals surface area contributed by atoms with E-state index in [1.54, 1.807) is 0 Å². The van der Waals surface area contributed by atoms with Gasteiger partial charge in [-0.3, -0.25) is 15.0 Å². The summed E-state index contributed by atoms with van der Waals surface area (Å²) in [7, 11) is 0. The third kappa shape index (κ3) is 3.84. The number of hydrogen-bond acceptors (Lipinski definition) is 4. The Morgan fingerprint density at radius 2 is 2.12 bits per heavy atom. The van der Waals surface area contributed by atoms with Crippen molar-refractivity contribution in [3.8, 4) is 0 Å². The topological polar surface area (TPSA) is 94.6 Å². The molecule has 1 saturated carbocycles. The van der Waals surface area contributed by atoms with Gasteiger partial charge in [0.15, 0.2) is 0 Å². The molecule has 1 aromatic rings. The van der Waals surface area contributed by atoms with Gasteiger partial charge in [-0.25, -0.2) is 9.78 Å². The number of carbonyl (C=O) groups is 2. The van der Waals surface area contributed by atoms with Gasteiger partial charge in [0.05, 0.1) is 6.54 Å². The van der Waals surface area contributed by atoms with E-state index in [4.69, 9.17) is 5.11 Å². The van der Waals surface area contributed by atoms with Gasteiger partial charge in [-0.15, -0.1) is 0 Å². The van der Waals surface area contributed by atoms with Gasteiger partial charge in [-0.05, 0) is 50.3 Å². The average molecular weight is 332 g/mol. The number of aliphatic carboxylic acids is 1. The number of fused-ring (bicyclic) bond motifs is 1. The molecule has 0 saturated heterocycles. The Bertz CT molecular complexity index is 628. The summed E-state index contributed by atoms with van der Waals surface area (Å²) in [6.07, 6.45) is 4.75. The molecule has 0 spiro atoms. The monoisotopic (exact) mass is 332 g/mol. The van der Waals surface area contributed by atoms with Crippen LogP contribution in [-0.2, 0) is 17.6 Å². The molecule has 0 aliphatic heterocycles. The molecule has 0 bridgehead atoms. The van der Waals surface area contributed by atoms with Crippen LogP contribution in [0, 0.1) is 0 Å². The van der Waals surface area contributed by atoms with Gasteiger partial charge in [-0.2, -0.15) is 0 Å². The lowest BCUT2D eigenvalue weighted by Gasteiger charge is -2.42. The van der Waals surface area contributed by atoms with Crippen LogP contribution in [0.1, 0.15) is 37.4 Å². The van der Waals surface area contributed by atoms with Crippen LogP contribution in [0.2, 0.25) is 0 Å². The van der Waals surface area contributed by atoms with Crippen LogP contribution in [-0.4, -0.2) is 52.2 Å². The third-order valence-corrected chi connectivity index (χ3v) is 4.88. The van der Waals surface area contributed by atoms with Gasteiger partial charge < -0.3 is 10.4 Å². The van der Waals surface area contributed by atoms with E-state index in [0.29, 0.717) is 12.4 Å². The smallest absolute Gasteiger partial charge is 0.320 e. The Kier molecular flexibility index (Phi) is 4.99. The second-order valence-electron chi connectivity index (χ2n) is 6.53. The number of aryl methyl sites for hydroxylation is 2. The van der Waals surface area contributed by atoms with E-state index in [1.807, 2.05) is 24.0 Å². The molecule has 0 unspecified atom stereocenters. The number of nitrogens with zero attached hydrogens (tertiary/aromatic N) is 2. The molecule has 1 heterocycles. The molecule has 7 heteroatoms. The molecule has 2 amide bonds. The van der Waals surface area contributed by atoms with Crippen molar-refractivity contribution in [3.05, 3.63) is 23.4 Å². The van der Waals surface area contributed by atoms with Crippen molar-refractivity contribution >= 4 is 17.8 Å². The van der Waals surface area contributed by atoms with Crippen LogP contribution >= 0.6 is 0 Å². The number of urea groups is 1. The number of aromatic nitrogens is 1. The van der Waals surface area contributed by atoms with Gasteiger partial charge in [-0.1, -0.05) is 13.0 Å². The molecule has 2 aliphatic carbocycles. The zero-order valence-corrected chi connectivity index (χ0v) is 13.9. The van der Waals surface area contributed by atoms with Crippen LogP contribution in [0.4, 0.5) is 10.6 Å². The largest absolute Gasteiger partial charge is 0.480 e. The van der Waals surface area contributed by atoms with Gasteiger partial charge >= 0.3 is 12.0 Å². The maximum atomic E-state index is 12.1. The fraction of sp³-hybridized carbons (Fsp3) is 0.588. The predicted molar refractivity (Wildman–Crippen MR) is 90.1 cm³/mol. The van der Waals surface area contributed by atoms with Crippen molar-refractivity contribution < 1.29 is 14.7 Å². The highest BCUT2D eigenvalue weighted by Crippen LogP contribution is 2.26. The lowest BCUT2D eigenvalue weighted by atomic mass is 9.85. The normalized spacial score (nSPS) is 21.9. The minimum atomic E-state index is -0.811. The van der Waals surface area contributed by atoms with Crippen LogP contribution in [0.5, 0.6) is 0 Å². The lowest BCUT2D eigenvalue weighted by Crippen LogP contribution is -2.55. The van der Waals surface area contributed by atoms with Crippen molar-refractivity contribution in [2.24, 2.45) is 0 Å².